The SMILES string of the molecule is CC(Oc1ccc(C(C)C)cc1)C(=O)Nc1nonc1-c1ccccc1. The monoisotopic (exact) mass is 351 g/mol. The number of carbonyl (C=O) groups excluding carboxylic acids is 1. The summed E-state index contributed by atoms with van der Waals surface area (Å²) < 4.78 is 10.5. The summed E-state index contributed by atoms with van der Waals surface area (Å²) in [6.45, 7) is 5.94. The number of amides is 1. The Kier molecular flexibility index (Phi) is 5.31. The molecule has 0 aliphatic heterocycles. The number of hydrogen-bond donors (Lipinski definition) is 1. The van der Waals surface area contributed by atoms with E-state index in [1.54, 1.807) is 6.92 Å². The smallest absolute Gasteiger partial charge is 0.266 e. The van der Waals surface area contributed by atoms with Gasteiger partial charge in [-0.25, -0.2) is 4.63 Å². The van der Waals surface area contributed by atoms with Crippen LogP contribution in [-0.4, -0.2) is 22.3 Å². The molecular formula is C20H21N3O3. The molecule has 1 heterocycles. The minimum atomic E-state index is -0.694. The Labute approximate surface area is 152 Å². The van der Waals surface area contributed by atoms with Gasteiger partial charge in [-0.15, -0.1) is 0 Å². The number of rotatable bonds is 6. The normalized spacial score (nSPS) is 12.0. The van der Waals surface area contributed by atoms with Crippen LogP contribution in [0.1, 0.15) is 32.3 Å². The molecule has 0 saturated carbocycles. The largest absolute Gasteiger partial charge is 0.481 e. The standard InChI is InChI=1S/C20H21N3O3/c1-13(2)15-9-11-17(12-10-15)25-14(3)20(24)21-19-18(22-26-23-19)16-7-5-4-6-8-16/h4-14H,1-3H3,(H,21,23,24). The Morgan fingerprint density at radius 3 is 2.35 bits per heavy atom. The van der Waals surface area contributed by atoms with Gasteiger partial charge in [-0.05, 0) is 40.9 Å². The van der Waals surface area contributed by atoms with E-state index in [9.17, 15) is 4.79 Å². The molecule has 1 amide bonds. The van der Waals surface area contributed by atoms with Gasteiger partial charge in [0.1, 0.15) is 5.75 Å². The van der Waals surface area contributed by atoms with Crippen molar-refractivity contribution < 1.29 is 14.2 Å². The summed E-state index contributed by atoms with van der Waals surface area (Å²) >= 11 is 0. The zero-order valence-electron chi connectivity index (χ0n) is 15.0. The summed E-state index contributed by atoms with van der Waals surface area (Å²) in [6, 6.07) is 17.1. The average molecular weight is 351 g/mol. The second-order valence-electron chi connectivity index (χ2n) is 6.30. The molecule has 2 aromatic carbocycles. The lowest BCUT2D eigenvalue weighted by molar-refractivity contribution is -0.122. The predicted octanol–water partition coefficient (Wildman–Crippen LogP) is 4.27. The maximum atomic E-state index is 12.4. The van der Waals surface area contributed by atoms with Crippen molar-refractivity contribution in [2.45, 2.75) is 32.8 Å². The van der Waals surface area contributed by atoms with Crippen LogP contribution in [0.25, 0.3) is 11.3 Å². The average Bonchev–Trinajstić information content (AvgIpc) is 3.11. The zero-order chi connectivity index (χ0) is 18.5. The first-order chi connectivity index (χ1) is 12.5. The molecule has 26 heavy (non-hydrogen) atoms. The number of anilines is 1. The highest BCUT2D eigenvalue weighted by atomic mass is 16.6. The van der Waals surface area contributed by atoms with E-state index >= 15 is 0 Å². The molecule has 6 nitrogen and oxygen atoms in total. The van der Waals surface area contributed by atoms with Crippen LogP contribution in [0.4, 0.5) is 5.82 Å². The van der Waals surface area contributed by atoms with Gasteiger partial charge in [0.05, 0.1) is 0 Å². The van der Waals surface area contributed by atoms with E-state index < -0.39 is 6.10 Å². The van der Waals surface area contributed by atoms with Gasteiger partial charge < -0.3 is 10.1 Å². The van der Waals surface area contributed by atoms with Gasteiger partial charge in [-0.2, -0.15) is 0 Å². The number of aromatic nitrogens is 2. The molecule has 0 radical (unpaired) electrons. The third kappa shape index (κ3) is 4.08. The molecule has 1 aromatic heterocycles. The molecule has 1 unspecified atom stereocenters. The minimum Gasteiger partial charge on any atom is -0.481 e. The van der Waals surface area contributed by atoms with E-state index in [4.69, 9.17) is 9.37 Å². The molecule has 1 atom stereocenters. The first kappa shape index (κ1) is 17.7. The van der Waals surface area contributed by atoms with E-state index in [2.05, 4.69) is 29.5 Å². The van der Waals surface area contributed by atoms with Gasteiger partial charge in [0.2, 0.25) is 5.82 Å². The maximum absolute atomic E-state index is 12.4. The van der Waals surface area contributed by atoms with Gasteiger partial charge in [0.15, 0.2) is 11.8 Å². The lowest BCUT2D eigenvalue weighted by Crippen LogP contribution is -2.30. The second-order valence-corrected chi connectivity index (χ2v) is 6.30. The van der Waals surface area contributed by atoms with Crippen molar-refractivity contribution in [1.29, 1.82) is 0 Å². The molecule has 0 aliphatic carbocycles. The lowest BCUT2D eigenvalue weighted by Gasteiger charge is -2.14. The molecule has 0 saturated heterocycles. The van der Waals surface area contributed by atoms with Gasteiger partial charge in [-0.1, -0.05) is 56.3 Å². The van der Waals surface area contributed by atoms with E-state index in [0.29, 0.717) is 17.4 Å². The van der Waals surface area contributed by atoms with Gasteiger partial charge in [-0.3, -0.25) is 4.79 Å². The molecular weight excluding hydrogens is 330 g/mol. The Bertz CT molecular complexity index is 858. The van der Waals surface area contributed by atoms with Crippen LogP contribution in [0.5, 0.6) is 5.75 Å². The number of nitrogens with one attached hydrogen (secondary N) is 1. The van der Waals surface area contributed by atoms with Crippen LogP contribution >= 0.6 is 0 Å². The first-order valence-corrected chi connectivity index (χ1v) is 8.50. The van der Waals surface area contributed by atoms with E-state index in [0.717, 1.165) is 5.56 Å². The third-order valence-corrected chi connectivity index (χ3v) is 4.01. The van der Waals surface area contributed by atoms with Gasteiger partial charge in [0.25, 0.3) is 5.91 Å². The van der Waals surface area contributed by atoms with Crippen molar-refractivity contribution in [3.05, 3.63) is 60.2 Å². The van der Waals surface area contributed by atoms with Crippen LogP contribution in [0.2, 0.25) is 0 Å². The topological polar surface area (TPSA) is 77.2 Å². The van der Waals surface area contributed by atoms with E-state index in [1.165, 1.54) is 5.56 Å². The summed E-state index contributed by atoms with van der Waals surface area (Å²) in [6.07, 6.45) is -0.694. The minimum absolute atomic E-state index is 0.270. The van der Waals surface area contributed by atoms with Gasteiger partial charge >= 0.3 is 0 Å². The lowest BCUT2D eigenvalue weighted by atomic mass is 10.0. The van der Waals surface area contributed by atoms with Crippen LogP contribution in [0.3, 0.4) is 0 Å². The molecule has 3 rings (SSSR count). The third-order valence-electron chi connectivity index (χ3n) is 4.01. The van der Waals surface area contributed by atoms with Crippen molar-refractivity contribution in [1.82, 2.24) is 10.3 Å². The number of ether oxygens (including phenoxy) is 1. The Balaban J connectivity index is 1.66. The quantitative estimate of drug-likeness (QED) is 0.718. The highest BCUT2D eigenvalue weighted by Crippen LogP contribution is 2.24. The Hall–Kier alpha value is -3.15. The first-order valence-electron chi connectivity index (χ1n) is 8.50. The predicted molar refractivity (Wildman–Crippen MR) is 99.0 cm³/mol. The summed E-state index contributed by atoms with van der Waals surface area (Å²) in [4.78, 5) is 12.4. The van der Waals surface area contributed by atoms with Crippen molar-refractivity contribution in [3.63, 3.8) is 0 Å². The fraction of sp³-hybridized carbons (Fsp3) is 0.250. The summed E-state index contributed by atoms with van der Waals surface area (Å²) in [5, 5.41) is 10.4. The molecule has 0 spiro atoms. The molecule has 0 fully saturated rings. The molecule has 134 valence electrons. The summed E-state index contributed by atoms with van der Waals surface area (Å²) in [7, 11) is 0. The molecule has 0 bridgehead atoms. The van der Waals surface area contributed by atoms with Crippen molar-refractivity contribution in [2.75, 3.05) is 5.32 Å². The van der Waals surface area contributed by atoms with Crippen LogP contribution in [0, 0.1) is 0 Å². The van der Waals surface area contributed by atoms with Crippen LogP contribution in [-0.2, 0) is 4.79 Å². The molecule has 0 aliphatic rings. The number of carbonyl (C=O) groups is 1. The molecule has 3 aromatic rings. The Morgan fingerprint density at radius 1 is 1.00 bits per heavy atom. The number of hydrogen-bond acceptors (Lipinski definition) is 5. The van der Waals surface area contributed by atoms with Crippen molar-refractivity contribution >= 4 is 11.7 Å². The van der Waals surface area contributed by atoms with Gasteiger partial charge in [0, 0.05) is 5.56 Å². The van der Waals surface area contributed by atoms with Crippen LogP contribution in [0.15, 0.2) is 59.2 Å². The number of benzene rings is 2. The highest BCUT2D eigenvalue weighted by molar-refractivity contribution is 5.95. The second kappa shape index (κ2) is 7.82. The summed E-state index contributed by atoms with van der Waals surface area (Å²) in [5.41, 5.74) is 2.50. The zero-order valence-corrected chi connectivity index (χ0v) is 15.0. The fourth-order valence-electron chi connectivity index (χ4n) is 2.46. The van der Waals surface area contributed by atoms with Crippen LogP contribution < -0.4 is 10.1 Å². The van der Waals surface area contributed by atoms with E-state index in [-0.39, 0.29) is 11.7 Å². The number of nitrogens with zero attached hydrogens (tertiary/aromatic N) is 2. The fourth-order valence-corrected chi connectivity index (χ4v) is 2.46. The molecule has 1 N–H and O–H groups in total. The highest BCUT2D eigenvalue weighted by Gasteiger charge is 2.20. The maximum Gasteiger partial charge on any atom is 0.266 e. The van der Waals surface area contributed by atoms with Crippen molar-refractivity contribution in [2.24, 2.45) is 0 Å². The molecule has 6 heteroatoms. The van der Waals surface area contributed by atoms with E-state index in [1.807, 2.05) is 54.6 Å². The summed E-state index contributed by atoms with van der Waals surface area (Å²) in [5.74, 6) is 1.03. The van der Waals surface area contributed by atoms with Crippen molar-refractivity contribution in [3.8, 4) is 17.0 Å². The Morgan fingerprint density at radius 2 is 1.69 bits per heavy atom.